The average molecular weight is 297 g/mol. The van der Waals surface area contributed by atoms with Crippen LogP contribution in [0.3, 0.4) is 0 Å². The minimum absolute atomic E-state index is 0.00370. The topological polar surface area (TPSA) is 64.1 Å². The van der Waals surface area contributed by atoms with Gasteiger partial charge < -0.3 is 15.5 Å². The zero-order chi connectivity index (χ0) is 14.9. The molecule has 1 heterocycles. The van der Waals surface area contributed by atoms with E-state index >= 15 is 0 Å². The number of hydrogen-bond acceptors (Lipinski definition) is 4. The molecule has 0 saturated carbocycles. The van der Waals surface area contributed by atoms with Crippen LogP contribution >= 0.6 is 12.2 Å². The summed E-state index contributed by atoms with van der Waals surface area (Å²) < 4.78 is 32.8. The number of hydrogen-bond donors (Lipinski definition) is 2. The van der Waals surface area contributed by atoms with Crippen molar-refractivity contribution in [3.63, 3.8) is 0 Å². The van der Waals surface area contributed by atoms with Crippen molar-refractivity contribution in [3.05, 3.63) is 46.7 Å². The molecule has 0 bridgehead atoms. The van der Waals surface area contributed by atoms with E-state index in [0.717, 1.165) is 5.69 Å². The van der Waals surface area contributed by atoms with Gasteiger partial charge in [-0.05, 0) is 26.0 Å². The number of halogens is 2. The van der Waals surface area contributed by atoms with Crippen LogP contribution in [0.4, 0.5) is 14.5 Å². The van der Waals surface area contributed by atoms with Crippen LogP contribution in [0.1, 0.15) is 22.9 Å². The lowest BCUT2D eigenvalue weighted by Gasteiger charge is -2.08. The molecule has 4 nitrogen and oxygen atoms in total. The molecule has 0 aliphatic carbocycles. The number of rotatable bonds is 4. The largest absolute Gasteiger partial charge is 0.444 e. The Bertz CT molecular complexity index is 650. The number of benzene rings is 1. The molecule has 3 N–H and O–H groups in total. The summed E-state index contributed by atoms with van der Waals surface area (Å²) >= 11 is 4.64. The van der Waals surface area contributed by atoms with E-state index in [2.05, 4.69) is 22.5 Å². The molecule has 20 heavy (non-hydrogen) atoms. The maximum atomic E-state index is 13.8. The lowest BCUT2D eigenvalue weighted by atomic mass is 10.2. The predicted octanol–water partition coefficient (Wildman–Crippen LogP) is 2.82. The fourth-order valence-corrected chi connectivity index (χ4v) is 1.82. The Hall–Kier alpha value is -2.02. The molecule has 0 spiro atoms. The maximum absolute atomic E-state index is 13.8. The Labute approximate surface area is 120 Å². The van der Waals surface area contributed by atoms with Gasteiger partial charge >= 0.3 is 0 Å². The van der Waals surface area contributed by atoms with E-state index in [1.807, 2.05) is 0 Å². The average Bonchev–Trinajstić information content (AvgIpc) is 2.70. The predicted molar refractivity (Wildman–Crippen MR) is 75.5 cm³/mol. The van der Waals surface area contributed by atoms with Crippen LogP contribution in [0.15, 0.2) is 16.5 Å². The molecule has 0 saturated heterocycles. The van der Waals surface area contributed by atoms with Gasteiger partial charge in [-0.2, -0.15) is 0 Å². The van der Waals surface area contributed by atoms with Crippen LogP contribution in [0, 0.1) is 25.5 Å². The number of nitrogens with two attached hydrogens (primary N) is 1. The minimum atomic E-state index is -1.07. The third kappa shape index (κ3) is 2.77. The third-order valence-electron chi connectivity index (χ3n) is 2.85. The molecule has 0 fully saturated rings. The molecule has 2 rings (SSSR count). The van der Waals surface area contributed by atoms with Crippen molar-refractivity contribution in [2.45, 2.75) is 20.4 Å². The van der Waals surface area contributed by atoms with Gasteiger partial charge in [-0.3, -0.25) is 0 Å². The highest BCUT2D eigenvalue weighted by molar-refractivity contribution is 7.80. The number of aromatic nitrogens is 1. The van der Waals surface area contributed by atoms with Crippen molar-refractivity contribution in [1.82, 2.24) is 4.98 Å². The van der Waals surface area contributed by atoms with Gasteiger partial charge in [0.2, 0.25) is 5.89 Å². The summed E-state index contributed by atoms with van der Waals surface area (Å²) in [6.07, 6.45) is 0. The van der Waals surface area contributed by atoms with E-state index in [1.165, 1.54) is 12.1 Å². The fourth-order valence-electron chi connectivity index (χ4n) is 1.66. The lowest BCUT2D eigenvalue weighted by molar-refractivity contribution is 0.476. The number of nitrogens with zero attached hydrogens (tertiary/aromatic N) is 1. The molecule has 0 radical (unpaired) electrons. The van der Waals surface area contributed by atoms with Gasteiger partial charge in [-0.1, -0.05) is 12.2 Å². The summed E-state index contributed by atoms with van der Waals surface area (Å²) in [5.74, 6) is -1.01. The van der Waals surface area contributed by atoms with Crippen molar-refractivity contribution in [3.8, 4) is 0 Å². The Balaban J connectivity index is 2.18. The molecule has 1 aromatic heterocycles. The monoisotopic (exact) mass is 297 g/mol. The molecule has 0 unspecified atom stereocenters. The smallest absolute Gasteiger partial charge is 0.213 e. The van der Waals surface area contributed by atoms with E-state index in [9.17, 15) is 8.78 Å². The zero-order valence-electron chi connectivity index (χ0n) is 11.0. The maximum Gasteiger partial charge on any atom is 0.213 e. The van der Waals surface area contributed by atoms with Crippen molar-refractivity contribution in [2.24, 2.45) is 5.73 Å². The van der Waals surface area contributed by atoms with Crippen LogP contribution in [-0.4, -0.2) is 9.97 Å². The van der Waals surface area contributed by atoms with Crippen LogP contribution in [0.2, 0.25) is 0 Å². The van der Waals surface area contributed by atoms with E-state index in [-0.39, 0.29) is 22.8 Å². The summed E-state index contributed by atoms with van der Waals surface area (Å²) in [5, 5.41) is 2.72. The summed E-state index contributed by atoms with van der Waals surface area (Å²) in [6.45, 7) is 3.74. The number of oxazole rings is 1. The second kappa shape index (κ2) is 5.54. The standard InChI is InChI=1S/C13H13F2N3OS/c1-6-7(2)19-10(18-6)5-17-9-4-3-8(13(16)20)11(14)12(9)15/h3-4,17H,5H2,1-2H3,(H2,16,20). The SMILES string of the molecule is Cc1nc(CNc2ccc(C(N)=S)c(F)c2F)oc1C. The van der Waals surface area contributed by atoms with Crippen molar-refractivity contribution >= 4 is 22.9 Å². The first-order valence-corrected chi connectivity index (χ1v) is 6.25. The number of anilines is 1. The summed E-state index contributed by atoms with van der Waals surface area (Å²) in [7, 11) is 0. The molecule has 7 heteroatoms. The Morgan fingerprint density at radius 3 is 2.60 bits per heavy atom. The fraction of sp³-hybridized carbons (Fsp3) is 0.231. The van der Waals surface area contributed by atoms with Gasteiger partial charge in [0, 0.05) is 5.56 Å². The Morgan fingerprint density at radius 1 is 1.35 bits per heavy atom. The highest BCUT2D eigenvalue weighted by Crippen LogP contribution is 2.21. The van der Waals surface area contributed by atoms with E-state index < -0.39 is 11.6 Å². The van der Waals surface area contributed by atoms with Gasteiger partial charge in [0.25, 0.3) is 0 Å². The molecule has 0 amide bonds. The second-order valence-corrected chi connectivity index (χ2v) is 4.70. The minimum Gasteiger partial charge on any atom is -0.444 e. The first-order valence-electron chi connectivity index (χ1n) is 5.84. The Morgan fingerprint density at radius 2 is 2.05 bits per heavy atom. The summed E-state index contributed by atoms with van der Waals surface area (Å²) in [5.41, 5.74) is 5.94. The molecule has 0 atom stereocenters. The van der Waals surface area contributed by atoms with Crippen LogP contribution in [0.5, 0.6) is 0 Å². The second-order valence-electron chi connectivity index (χ2n) is 4.26. The third-order valence-corrected chi connectivity index (χ3v) is 3.07. The zero-order valence-corrected chi connectivity index (χ0v) is 11.8. The van der Waals surface area contributed by atoms with Crippen molar-refractivity contribution in [2.75, 3.05) is 5.32 Å². The molecular formula is C13H13F2N3OS. The summed E-state index contributed by atoms with van der Waals surface area (Å²) in [6, 6.07) is 2.70. The van der Waals surface area contributed by atoms with Crippen LogP contribution < -0.4 is 11.1 Å². The highest BCUT2D eigenvalue weighted by Gasteiger charge is 2.15. The lowest BCUT2D eigenvalue weighted by Crippen LogP contribution is -2.14. The quantitative estimate of drug-likeness (QED) is 0.850. The van der Waals surface area contributed by atoms with Gasteiger partial charge in [0.15, 0.2) is 11.6 Å². The molecule has 2 aromatic rings. The summed E-state index contributed by atoms with van der Waals surface area (Å²) in [4.78, 5) is 3.95. The number of aryl methyl sites for hydroxylation is 2. The van der Waals surface area contributed by atoms with Crippen LogP contribution in [-0.2, 0) is 6.54 Å². The van der Waals surface area contributed by atoms with Crippen molar-refractivity contribution < 1.29 is 13.2 Å². The molecule has 106 valence electrons. The number of thiocarbonyl (C=S) groups is 1. The van der Waals surface area contributed by atoms with Gasteiger partial charge in [-0.15, -0.1) is 0 Å². The van der Waals surface area contributed by atoms with E-state index in [0.29, 0.717) is 11.7 Å². The number of nitrogens with one attached hydrogen (secondary N) is 1. The molecular weight excluding hydrogens is 284 g/mol. The Kier molecular flexibility index (Phi) is 3.99. The van der Waals surface area contributed by atoms with Gasteiger partial charge in [0.1, 0.15) is 10.7 Å². The van der Waals surface area contributed by atoms with Crippen molar-refractivity contribution in [1.29, 1.82) is 0 Å². The molecule has 0 aliphatic rings. The highest BCUT2D eigenvalue weighted by atomic mass is 32.1. The van der Waals surface area contributed by atoms with E-state index in [1.54, 1.807) is 13.8 Å². The van der Waals surface area contributed by atoms with Gasteiger partial charge in [0.05, 0.1) is 17.9 Å². The molecule has 0 aliphatic heterocycles. The first kappa shape index (κ1) is 14.4. The van der Waals surface area contributed by atoms with E-state index in [4.69, 9.17) is 10.2 Å². The first-order chi connectivity index (χ1) is 9.40. The normalized spacial score (nSPS) is 10.6. The van der Waals surface area contributed by atoms with Crippen LogP contribution in [0.25, 0.3) is 0 Å². The van der Waals surface area contributed by atoms with Gasteiger partial charge in [-0.25, -0.2) is 13.8 Å². The molecule has 1 aromatic carbocycles.